The van der Waals surface area contributed by atoms with Gasteiger partial charge < -0.3 is 0 Å². The van der Waals surface area contributed by atoms with E-state index in [0.29, 0.717) is 0 Å². The Morgan fingerprint density at radius 1 is 1.56 bits per heavy atom. The molecule has 2 rings (SSSR count). The van der Waals surface area contributed by atoms with Crippen LogP contribution in [0.15, 0.2) is 6.20 Å². The van der Waals surface area contributed by atoms with Crippen LogP contribution in [0.2, 0.25) is 0 Å². The Morgan fingerprint density at radius 3 is 2.72 bits per heavy atom. The molecule has 0 bridgehead atoms. The zero-order valence-corrected chi connectivity index (χ0v) is 10.5. The fraction of sp³-hybridized carbons (Fsp3) is 0.500. The lowest BCUT2D eigenvalue weighted by molar-refractivity contribution is -0.126. The molecule has 94 valence electrons. The summed E-state index contributed by atoms with van der Waals surface area (Å²) in [6, 6.07) is 1.91. The van der Waals surface area contributed by atoms with E-state index >= 15 is 0 Å². The number of rotatable bonds is 2. The Balaban J connectivity index is 2.46. The van der Waals surface area contributed by atoms with Gasteiger partial charge in [-0.05, 0) is 12.8 Å². The van der Waals surface area contributed by atoms with E-state index in [9.17, 15) is 9.59 Å². The predicted molar refractivity (Wildman–Crippen MR) is 63.4 cm³/mol. The van der Waals surface area contributed by atoms with Crippen LogP contribution in [0, 0.1) is 22.7 Å². The van der Waals surface area contributed by atoms with Gasteiger partial charge in [0.1, 0.15) is 11.6 Å². The Morgan fingerprint density at radius 2 is 2.22 bits per heavy atom. The predicted octanol–water partition coefficient (Wildman–Crippen LogP) is 1.21. The van der Waals surface area contributed by atoms with Gasteiger partial charge in [0.15, 0.2) is 5.82 Å². The summed E-state index contributed by atoms with van der Waals surface area (Å²) in [5.41, 5.74) is -0.515. The number of hydrogen-bond acceptors (Lipinski definition) is 4. The molecule has 0 saturated carbocycles. The van der Waals surface area contributed by atoms with Gasteiger partial charge in [-0.2, -0.15) is 10.4 Å². The number of aromatic amines is 1. The van der Waals surface area contributed by atoms with Crippen LogP contribution < -0.4 is 4.90 Å². The lowest BCUT2D eigenvalue weighted by Gasteiger charge is -2.25. The Labute approximate surface area is 105 Å². The smallest absolute Gasteiger partial charge is 0.241 e. The van der Waals surface area contributed by atoms with Gasteiger partial charge in [0.05, 0.1) is 11.6 Å². The third-order valence-corrected chi connectivity index (χ3v) is 3.70. The van der Waals surface area contributed by atoms with Gasteiger partial charge in [-0.3, -0.25) is 14.7 Å². The molecule has 1 aromatic rings. The third-order valence-electron chi connectivity index (χ3n) is 3.70. The van der Waals surface area contributed by atoms with E-state index in [0.717, 1.165) is 4.90 Å². The number of H-pyrrole nitrogens is 1. The monoisotopic (exact) mass is 246 g/mol. The van der Waals surface area contributed by atoms with Crippen molar-refractivity contribution in [1.82, 2.24) is 10.2 Å². The maximum absolute atomic E-state index is 12.4. The number of carbonyl (C=O) groups excluding carboxylic acids is 2. The van der Waals surface area contributed by atoms with Crippen LogP contribution in [0.25, 0.3) is 0 Å². The molecular weight excluding hydrogens is 232 g/mol. The van der Waals surface area contributed by atoms with Gasteiger partial charge in [0.25, 0.3) is 0 Å². The van der Waals surface area contributed by atoms with Crippen LogP contribution in [0.5, 0.6) is 0 Å². The molecule has 1 N–H and O–H groups in total. The number of nitriles is 1. The van der Waals surface area contributed by atoms with Crippen molar-refractivity contribution in [2.24, 2.45) is 11.3 Å². The van der Waals surface area contributed by atoms with E-state index in [1.807, 2.05) is 19.9 Å². The van der Waals surface area contributed by atoms with E-state index < -0.39 is 5.41 Å². The molecule has 18 heavy (non-hydrogen) atoms. The van der Waals surface area contributed by atoms with Crippen LogP contribution >= 0.6 is 0 Å². The molecule has 6 heteroatoms. The average molecular weight is 246 g/mol. The number of aromatic nitrogens is 2. The SMILES string of the molecule is CC(C)C1(C)CC(=O)N(c2[nH]ncc2C#N)C1=O. The van der Waals surface area contributed by atoms with Crippen molar-refractivity contribution in [3.8, 4) is 6.07 Å². The van der Waals surface area contributed by atoms with Gasteiger partial charge in [-0.25, -0.2) is 4.90 Å². The lowest BCUT2D eigenvalue weighted by atomic mass is 9.78. The van der Waals surface area contributed by atoms with Crippen LogP contribution in [-0.2, 0) is 9.59 Å². The van der Waals surface area contributed by atoms with Crippen LogP contribution in [-0.4, -0.2) is 22.0 Å². The van der Waals surface area contributed by atoms with Gasteiger partial charge in [-0.1, -0.05) is 13.8 Å². The third kappa shape index (κ3) is 1.51. The quantitative estimate of drug-likeness (QED) is 0.794. The summed E-state index contributed by atoms with van der Waals surface area (Å²) < 4.78 is 0. The van der Waals surface area contributed by atoms with Crippen LogP contribution in [0.3, 0.4) is 0 Å². The lowest BCUT2D eigenvalue weighted by Crippen LogP contribution is -2.37. The highest BCUT2D eigenvalue weighted by atomic mass is 16.2. The molecule has 1 saturated heterocycles. The van der Waals surface area contributed by atoms with Crippen LogP contribution in [0.1, 0.15) is 32.8 Å². The first kappa shape index (κ1) is 12.3. The highest BCUT2D eigenvalue weighted by Crippen LogP contribution is 2.41. The van der Waals surface area contributed by atoms with Crippen molar-refractivity contribution in [2.45, 2.75) is 27.2 Å². The van der Waals surface area contributed by atoms with E-state index in [-0.39, 0.29) is 35.5 Å². The first-order valence-corrected chi connectivity index (χ1v) is 5.72. The number of amides is 2. The molecule has 1 aliphatic rings. The largest absolute Gasteiger partial charge is 0.274 e. The number of anilines is 1. The summed E-state index contributed by atoms with van der Waals surface area (Å²) in [7, 11) is 0. The summed E-state index contributed by atoms with van der Waals surface area (Å²) in [4.78, 5) is 25.5. The van der Waals surface area contributed by atoms with Crippen molar-refractivity contribution in [2.75, 3.05) is 4.90 Å². The zero-order chi connectivity index (χ0) is 13.5. The van der Waals surface area contributed by atoms with Crippen molar-refractivity contribution in [1.29, 1.82) is 5.26 Å². The Kier molecular flexibility index (Phi) is 2.70. The van der Waals surface area contributed by atoms with Gasteiger partial charge in [-0.15, -0.1) is 0 Å². The van der Waals surface area contributed by atoms with Crippen LogP contribution in [0.4, 0.5) is 5.82 Å². The highest BCUT2D eigenvalue weighted by molar-refractivity contribution is 6.22. The van der Waals surface area contributed by atoms with E-state index in [4.69, 9.17) is 5.26 Å². The molecule has 1 fully saturated rings. The molecule has 2 heterocycles. The minimum Gasteiger partial charge on any atom is -0.274 e. The minimum atomic E-state index is -0.713. The first-order valence-electron chi connectivity index (χ1n) is 5.72. The van der Waals surface area contributed by atoms with Gasteiger partial charge in [0, 0.05) is 6.42 Å². The number of hydrogen-bond donors (Lipinski definition) is 1. The summed E-state index contributed by atoms with van der Waals surface area (Å²) in [5, 5.41) is 15.2. The maximum atomic E-state index is 12.4. The maximum Gasteiger partial charge on any atom is 0.241 e. The molecular formula is C12H14N4O2. The summed E-state index contributed by atoms with van der Waals surface area (Å²) >= 11 is 0. The molecule has 0 aromatic carbocycles. The Bertz CT molecular complexity index is 555. The van der Waals surface area contributed by atoms with Gasteiger partial charge >= 0.3 is 0 Å². The topological polar surface area (TPSA) is 89.8 Å². The minimum absolute atomic E-state index is 0.0485. The molecule has 0 aliphatic carbocycles. The van der Waals surface area contributed by atoms with Crippen molar-refractivity contribution < 1.29 is 9.59 Å². The highest BCUT2D eigenvalue weighted by Gasteiger charge is 2.51. The fourth-order valence-corrected chi connectivity index (χ4v) is 2.05. The number of carbonyl (C=O) groups is 2. The molecule has 0 spiro atoms. The summed E-state index contributed by atoms with van der Waals surface area (Å²) in [6.45, 7) is 5.60. The fourth-order valence-electron chi connectivity index (χ4n) is 2.05. The molecule has 1 atom stereocenters. The number of imide groups is 1. The van der Waals surface area contributed by atoms with Crippen molar-refractivity contribution in [3.63, 3.8) is 0 Å². The van der Waals surface area contributed by atoms with E-state index in [1.165, 1.54) is 6.20 Å². The van der Waals surface area contributed by atoms with Crippen molar-refractivity contribution in [3.05, 3.63) is 11.8 Å². The second-order valence-corrected chi connectivity index (χ2v) is 5.03. The molecule has 2 amide bonds. The Hall–Kier alpha value is -2.16. The first-order chi connectivity index (χ1) is 8.41. The summed E-state index contributed by atoms with van der Waals surface area (Å²) in [6.07, 6.45) is 1.47. The van der Waals surface area contributed by atoms with Crippen molar-refractivity contribution >= 4 is 17.6 Å². The van der Waals surface area contributed by atoms with E-state index in [2.05, 4.69) is 10.2 Å². The molecule has 1 aromatic heterocycles. The molecule has 1 unspecified atom stereocenters. The second-order valence-electron chi connectivity index (χ2n) is 5.03. The number of nitrogens with zero attached hydrogens (tertiary/aromatic N) is 3. The zero-order valence-electron chi connectivity index (χ0n) is 10.5. The number of nitrogens with one attached hydrogen (secondary N) is 1. The second kappa shape index (κ2) is 3.95. The normalized spacial score (nSPS) is 23.8. The van der Waals surface area contributed by atoms with E-state index in [1.54, 1.807) is 6.92 Å². The molecule has 6 nitrogen and oxygen atoms in total. The van der Waals surface area contributed by atoms with Gasteiger partial charge in [0.2, 0.25) is 11.8 Å². The standard InChI is InChI=1S/C12H14N4O2/c1-7(2)12(3)4-9(17)16(11(12)18)10-8(5-13)6-14-15-10/h6-7H,4H2,1-3H3,(H,14,15). The average Bonchev–Trinajstić information content (AvgIpc) is 2.84. The molecule has 0 radical (unpaired) electrons. The summed E-state index contributed by atoms with van der Waals surface area (Å²) in [5.74, 6) is -0.343. The molecule has 1 aliphatic heterocycles.